The van der Waals surface area contributed by atoms with Crippen LogP contribution in [0.2, 0.25) is 0 Å². The Balaban J connectivity index is 2.03. The fourth-order valence-corrected chi connectivity index (χ4v) is 2.02. The molecular weight excluding hydrogens is 200 g/mol. The van der Waals surface area contributed by atoms with Crippen LogP contribution in [0.4, 0.5) is 0 Å². The average Bonchev–Trinajstić information content (AvgIpc) is 2.24. The predicted octanol–water partition coefficient (Wildman–Crippen LogP) is 2.10. The van der Waals surface area contributed by atoms with Crippen LogP contribution in [-0.2, 0) is 4.79 Å². The summed E-state index contributed by atoms with van der Waals surface area (Å²) in [5.74, 6) is 0.132. The fourth-order valence-electron chi connectivity index (χ4n) is 2.02. The van der Waals surface area contributed by atoms with E-state index in [4.69, 9.17) is 0 Å². The summed E-state index contributed by atoms with van der Waals surface area (Å²) in [7, 11) is 0. The lowest BCUT2D eigenvalue weighted by molar-refractivity contribution is -0.128. The van der Waals surface area contributed by atoms with Crippen LogP contribution in [-0.4, -0.2) is 10.9 Å². The van der Waals surface area contributed by atoms with Crippen LogP contribution >= 0.6 is 0 Å². The first-order chi connectivity index (χ1) is 7.72. The van der Waals surface area contributed by atoms with Crippen molar-refractivity contribution >= 4 is 16.8 Å². The van der Waals surface area contributed by atoms with E-state index in [1.807, 2.05) is 25.1 Å². The van der Waals surface area contributed by atoms with Crippen LogP contribution in [0, 0.1) is 6.92 Å². The van der Waals surface area contributed by atoms with Gasteiger partial charge in [-0.05, 0) is 30.7 Å². The first kappa shape index (κ1) is 9.33. The van der Waals surface area contributed by atoms with Crippen molar-refractivity contribution in [3.8, 4) is 0 Å². The summed E-state index contributed by atoms with van der Waals surface area (Å²) in [6.45, 7) is 1.99. The van der Waals surface area contributed by atoms with Gasteiger partial charge >= 0.3 is 0 Å². The van der Waals surface area contributed by atoms with Gasteiger partial charge in [0.1, 0.15) is 0 Å². The summed E-state index contributed by atoms with van der Waals surface area (Å²) in [6.07, 6.45) is 0.602. The third kappa shape index (κ3) is 1.45. The van der Waals surface area contributed by atoms with Crippen molar-refractivity contribution in [1.29, 1.82) is 0 Å². The highest BCUT2D eigenvalue weighted by atomic mass is 16.2. The lowest BCUT2D eigenvalue weighted by atomic mass is 9.96. The Morgan fingerprint density at radius 3 is 2.88 bits per heavy atom. The van der Waals surface area contributed by atoms with Crippen molar-refractivity contribution < 1.29 is 4.79 Å². The maximum Gasteiger partial charge on any atom is 0.222 e. The average molecular weight is 212 g/mol. The summed E-state index contributed by atoms with van der Waals surface area (Å²) in [5, 5.41) is 4.00. The van der Waals surface area contributed by atoms with Crippen molar-refractivity contribution in [2.75, 3.05) is 0 Å². The number of β-lactam (4-membered cyclic amide) rings is 1. The molecule has 0 radical (unpaired) electrons. The van der Waals surface area contributed by atoms with Crippen molar-refractivity contribution in [2.24, 2.45) is 0 Å². The van der Waals surface area contributed by atoms with Gasteiger partial charge in [0.15, 0.2) is 0 Å². The van der Waals surface area contributed by atoms with E-state index in [0.29, 0.717) is 6.42 Å². The molecule has 3 nitrogen and oxygen atoms in total. The zero-order valence-corrected chi connectivity index (χ0v) is 9.03. The Morgan fingerprint density at radius 1 is 1.31 bits per heavy atom. The summed E-state index contributed by atoms with van der Waals surface area (Å²) >= 11 is 0. The number of carbonyl (C=O) groups is 1. The number of fused-ring (bicyclic) bond motifs is 1. The van der Waals surface area contributed by atoms with Crippen LogP contribution in [0.3, 0.4) is 0 Å². The van der Waals surface area contributed by atoms with E-state index in [2.05, 4.69) is 22.4 Å². The summed E-state index contributed by atoms with van der Waals surface area (Å²) in [4.78, 5) is 15.3. The Hall–Kier alpha value is -1.90. The maximum atomic E-state index is 10.9. The van der Waals surface area contributed by atoms with E-state index in [1.165, 1.54) is 0 Å². The zero-order valence-electron chi connectivity index (χ0n) is 9.03. The molecule has 1 atom stereocenters. The highest BCUT2D eigenvalue weighted by Gasteiger charge is 2.26. The predicted molar refractivity (Wildman–Crippen MR) is 62.0 cm³/mol. The van der Waals surface area contributed by atoms with Gasteiger partial charge in [0.2, 0.25) is 5.91 Å². The molecule has 2 heterocycles. The molecule has 2 aromatic rings. The van der Waals surface area contributed by atoms with Gasteiger partial charge in [-0.1, -0.05) is 12.1 Å². The minimum absolute atomic E-state index is 0.132. The molecule has 80 valence electrons. The van der Waals surface area contributed by atoms with Crippen molar-refractivity contribution in [2.45, 2.75) is 19.4 Å². The number of aryl methyl sites for hydroxylation is 1. The van der Waals surface area contributed by atoms with Crippen LogP contribution in [0.5, 0.6) is 0 Å². The highest BCUT2D eigenvalue weighted by molar-refractivity contribution is 5.85. The van der Waals surface area contributed by atoms with Gasteiger partial charge in [-0.2, -0.15) is 0 Å². The van der Waals surface area contributed by atoms with E-state index in [0.717, 1.165) is 22.2 Å². The summed E-state index contributed by atoms with van der Waals surface area (Å²) < 4.78 is 0. The maximum absolute atomic E-state index is 10.9. The van der Waals surface area contributed by atoms with E-state index in [1.54, 1.807) is 0 Å². The van der Waals surface area contributed by atoms with E-state index in [-0.39, 0.29) is 11.9 Å². The van der Waals surface area contributed by atoms with Crippen LogP contribution in [0.15, 0.2) is 30.3 Å². The van der Waals surface area contributed by atoms with Gasteiger partial charge in [-0.15, -0.1) is 0 Å². The quantitative estimate of drug-likeness (QED) is 0.735. The Kier molecular flexibility index (Phi) is 1.93. The smallest absolute Gasteiger partial charge is 0.222 e. The molecule has 1 N–H and O–H groups in total. The van der Waals surface area contributed by atoms with Gasteiger partial charge in [0, 0.05) is 11.1 Å². The van der Waals surface area contributed by atoms with E-state index < -0.39 is 0 Å². The second-order valence-electron chi connectivity index (χ2n) is 4.23. The number of benzene rings is 1. The number of hydrogen-bond acceptors (Lipinski definition) is 2. The molecule has 3 rings (SSSR count). The Labute approximate surface area is 93.5 Å². The molecule has 1 saturated heterocycles. The largest absolute Gasteiger partial charge is 0.349 e. The molecule has 0 aliphatic carbocycles. The third-order valence-corrected chi connectivity index (χ3v) is 2.98. The van der Waals surface area contributed by atoms with Gasteiger partial charge in [0.05, 0.1) is 18.0 Å². The normalized spacial score (nSPS) is 19.3. The number of aromatic nitrogens is 1. The van der Waals surface area contributed by atoms with Gasteiger partial charge in [-0.3, -0.25) is 9.78 Å². The van der Waals surface area contributed by atoms with Crippen LogP contribution in [0.25, 0.3) is 10.9 Å². The molecule has 1 aliphatic rings. The summed E-state index contributed by atoms with van der Waals surface area (Å²) in [5.41, 5.74) is 3.20. The van der Waals surface area contributed by atoms with E-state index in [9.17, 15) is 4.79 Å². The monoisotopic (exact) mass is 212 g/mol. The van der Waals surface area contributed by atoms with E-state index >= 15 is 0 Å². The second-order valence-corrected chi connectivity index (χ2v) is 4.23. The topological polar surface area (TPSA) is 42.0 Å². The minimum atomic E-state index is 0.132. The molecule has 16 heavy (non-hydrogen) atoms. The number of amides is 1. The SMILES string of the molecule is Cc1ccc2cc(C3CC(=O)N3)ccc2n1. The molecule has 0 bridgehead atoms. The molecule has 1 amide bonds. The number of hydrogen-bond donors (Lipinski definition) is 1. The lowest BCUT2D eigenvalue weighted by Crippen LogP contribution is -2.41. The lowest BCUT2D eigenvalue weighted by Gasteiger charge is -2.27. The number of nitrogens with one attached hydrogen (secondary N) is 1. The fraction of sp³-hybridized carbons (Fsp3) is 0.231. The Bertz CT molecular complexity index is 569. The molecule has 1 aromatic heterocycles. The second kappa shape index (κ2) is 3.30. The summed E-state index contributed by atoms with van der Waals surface area (Å²) in [6, 6.07) is 10.4. The van der Waals surface area contributed by atoms with Gasteiger partial charge in [0.25, 0.3) is 0 Å². The molecule has 1 aromatic carbocycles. The standard InChI is InChI=1S/C13H12N2O/c1-8-2-3-9-6-10(4-5-11(9)14-8)12-7-13(16)15-12/h2-6,12H,7H2,1H3,(H,15,16). The minimum Gasteiger partial charge on any atom is -0.349 e. The first-order valence-electron chi connectivity index (χ1n) is 5.39. The number of nitrogens with zero attached hydrogens (tertiary/aromatic N) is 1. The number of rotatable bonds is 1. The van der Waals surface area contributed by atoms with Gasteiger partial charge < -0.3 is 5.32 Å². The number of carbonyl (C=O) groups excluding carboxylic acids is 1. The van der Waals surface area contributed by atoms with Crippen molar-refractivity contribution in [1.82, 2.24) is 10.3 Å². The van der Waals surface area contributed by atoms with Crippen molar-refractivity contribution in [3.63, 3.8) is 0 Å². The third-order valence-electron chi connectivity index (χ3n) is 2.98. The first-order valence-corrected chi connectivity index (χ1v) is 5.39. The molecule has 3 heteroatoms. The van der Waals surface area contributed by atoms with Gasteiger partial charge in [-0.25, -0.2) is 0 Å². The molecule has 0 spiro atoms. The molecule has 1 aliphatic heterocycles. The van der Waals surface area contributed by atoms with Crippen LogP contribution < -0.4 is 5.32 Å². The molecular formula is C13H12N2O. The molecule has 1 unspecified atom stereocenters. The van der Waals surface area contributed by atoms with Crippen LogP contribution in [0.1, 0.15) is 23.7 Å². The highest BCUT2D eigenvalue weighted by Crippen LogP contribution is 2.26. The molecule has 1 fully saturated rings. The molecule has 0 saturated carbocycles. The number of pyridine rings is 1. The van der Waals surface area contributed by atoms with Crippen molar-refractivity contribution in [3.05, 3.63) is 41.6 Å². The zero-order chi connectivity index (χ0) is 11.1. The Morgan fingerprint density at radius 2 is 2.12 bits per heavy atom.